The van der Waals surface area contributed by atoms with Gasteiger partial charge in [0, 0.05) is 16.0 Å². The smallest absolute Gasteiger partial charge is 0.337 e. The van der Waals surface area contributed by atoms with E-state index in [1.54, 1.807) is 13.0 Å². The van der Waals surface area contributed by atoms with Crippen LogP contribution in [0.25, 0.3) is 0 Å². The Labute approximate surface area is 133 Å². The van der Waals surface area contributed by atoms with E-state index in [2.05, 4.69) is 37.2 Å². The number of anilines is 1. The summed E-state index contributed by atoms with van der Waals surface area (Å²) in [6.45, 7) is 1.49. The SMILES string of the molecule is CC(CO)N(C)C(=O)Nc1c(Br)cc(Br)cc1C(=O)O. The van der Waals surface area contributed by atoms with E-state index in [1.165, 1.54) is 18.0 Å². The average molecular weight is 410 g/mol. The molecule has 1 aromatic carbocycles. The molecule has 0 saturated heterocycles. The Balaban J connectivity index is 3.09. The molecule has 2 amide bonds. The molecule has 0 saturated carbocycles. The molecule has 0 bridgehead atoms. The molecule has 0 aromatic heterocycles. The zero-order valence-electron chi connectivity index (χ0n) is 10.9. The Hall–Kier alpha value is -1.12. The number of aromatic carboxylic acids is 1. The van der Waals surface area contributed by atoms with Gasteiger partial charge >= 0.3 is 12.0 Å². The molecular formula is C12H14Br2N2O4. The summed E-state index contributed by atoms with van der Waals surface area (Å²) in [5.74, 6) is -1.15. The Kier molecular flexibility index (Phi) is 5.97. The van der Waals surface area contributed by atoms with Crippen molar-refractivity contribution >= 4 is 49.5 Å². The number of hydrogen-bond acceptors (Lipinski definition) is 3. The van der Waals surface area contributed by atoms with E-state index in [0.717, 1.165) is 0 Å². The van der Waals surface area contributed by atoms with Crippen molar-refractivity contribution in [2.24, 2.45) is 0 Å². The highest BCUT2D eigenvalue weighted by molar-refractivity contribution is 9.11. The van der Waals surface area contributed by atoms with Crippen LogP contribution in [0.4, 0.5) is 10.5 Å². The molecule has 0 aliphatic rings. The molecule has 0 aliphatic heterocycles. The van der Waals surface area contributed by atoms with Crippen molar-refractivity contribution in [2.75, 3.05) is 19.0 Å². The summed E-state index contributed by atoms with van der Waals surface area (Å²) in [5.41, 5.74) is 0.132. The molecular weight excluding hydrogens is 396 g/mol. The number of urea groups is 1. The maximum Gasteiger partial charge on any atom is 0.337 e. The maximum atomic E-state index is 12.0. The van der Waals surface area contributed by atoms with E-state index in [0.29, 0.717) is 8.95 Å². The van der Waals surface area contributed by atoms with Crippen molar-refractivity contribution in [1.82, 2.24) is 4.90 Å². The number of carboxylic acid groups (broad SMARTS) is 1. The van der Waals surface area contributed by atoms with Gasteiger partial charge < -0.3 is 20.4 Å². The second-order valence-electron chi connectivity index (χ2n) is 4.19. The lowest BCUT2D eigenvalue weighted by Gasteiger charge is -2.24. The molecule has 6 nitrogen and oxygen atoms in total. The van der Waals surface area contributed by atoms with Gasteiger partial charge in [0.15, 0.2) is 0 Å². The van der Waals surface area contributed by atoms with Gasteiger partial charge in [0.2, 0.25) is 0 Å². The van der Waals surface area contributed by atoms with Gasteiger partial charge in [-0.05, 0) is 35.0 Å². The minimum absolute atomic E-state index is 0.0374. The summed E-state index contributed by atoms with van der Waals surface area (Å²) in [5, 5.41) is 20.7. The van der Waals surface area contributed by atoms with Crippen LogP contribution < -0.4 is 5.32 Å². The van der Waals surface area contributed by atoms with Crippen LogP contribution in [0, 0.1) is 0 Å². The van der Waals surface area contributed by atoms with Crippen LogP contribution in [0.2, 0.25) is 0 Å². The van der Waals surface area contributed by atoms with E-state index in [9.17, 15) is 14.7 Å². The lowest BCUT2D eigenvalue weighted by atomic mass is 10.2. The molecule has 0 heterocycles. The summed E-state index contributed by atoms with van der Waals surface area (Å²) in [4.78, 5) is 24.5. The summed E-state index contributed by atoms with van der Waals surface area (Å²) in [6.07, 6.45) is 0. The number of carbonyl (C=O) groups is 2. The standard InChI is InChI=1S/C12H14Br2N2O4/c1-6(5-17)16(2)12(20)15-10-8(11(18)19)3-7(13)4-9(10)14/h3-4,6,17H,5H2,1-2H3,(H,15,20)(H,18,19). The van der Waals surface area contributed by atoms with Gasteiger partial charge in [0.1, 0.15) is 0 Å². The van der Waals surface area contributed by atoms with Crippen LogP contribution in [-0.2, 0) is 0 Å². The zero-order chi connectivity index (χ0) is 15.4. The number of rotatable bonds is 4. The number of nitrogens with zero attached hydrogens (tertiary/aromatic N) is 1. The Morgan fingerprint density at radius 3 is 2.50 bits per heavy atom. The van der Waals surface area contributed by atoms with E-state index in [-0.39, 0.29) is 23.9 Å². The van der Waals surface area contributed by atoms with Gasteiger partial charge in [-0.15, -0.1) is 0 Å². The van der Waals surface area contributed by atoms with Crippen LogP contribution >= 0.6 is 31.9 Å². The Bertz CT molecular complexity index is 536. The van der Waals surface area contributed by atoms with Crippen LogP contribution in [0.3, 0.4) is 0 Å². The molecule has 1 unspecified atom stereocenters. The fourth-order valence-electron chi connectivity index (χ4n) is 1.39. The van der Waals surface area contributed by atoms with Gasteiger partial charge in [0.25, 0.3) is 0 Å². The molecule has 1 aromatic rings. The summed E-state index contributed by atoms with van der Waals surface area (Å²) in [7, 11) is 1.52. The van der Waals surface area contributed by atoms with Crippen LogP contribution in [-0.4, -0.2) is 46.8 Å². The van der Waals surface area contributed by atoms with Crippen LogP contribution in [0.5, 0.6) is 0 Å². The lowest BCUT2D eigenvalue weighted by molar-refractivity contribution is 0.0698. The fourth-order valence-corrected chi connectivity index (χ4v) is 2.71. The number of aliphatic hydroxyl groups excluding tert-OH is 1. The quantitative estimate of drug-likeness (QED) is 0.713. The predicted octanol–water partition coefficient (Wildman–Crippen LogP) is 2.75. The molecule has 8 heteroatoms. The minimum Gasteiger partial charge on any atom is -0.478 e. The van der Waals surface area contributed by atoms with Crippen molar-refractivity contribution in [2.45, 2.75) is 13.0 Å². The van der Waals surface area contributed by atoms with E-state index in [4.69, 9.17) is 5.11 Å². The van der Waals surface area contributed by atoms with Gasteiger partial charge in [-0.25, -0.2) is 9.59 Å². The highest BCUT2D eigenvalue weighted by atomic mass is 79.9. The number of amides is 2. The first kappa shape index (κ1) is 16.9. The van der Waals surface area contributed by atoms with E-state index >= 15 is 0 Å². The number of carboxylic acids is 1. The molecule has 110 valence electrons. The number of hydrogen-bond donors (Lipinski definition) is 3. The molecule has 0 fully saturated rings. The predicted molar refractivity (Wildman–Crippen MR) is 82.1 cm³/mol. The first-order valence-corrected chi connectivity index (χ1v) is 7.23. The number of nitrogens with one attached hydrogen (secondary N) is 1. The highest BCUT2D eigenvalue weighted by Crippen LogP contribution is 2.31. The van der Waals surface area contributed by atoms with Gasteiger partial charge in [-0.2, -0.15) is 0 Å². The summed E-state index contributed by atoms with van der Waals surface area (Å²) in [6, 6.07) is 2.16. The third-order valence-corrected chi connectivity index (χ3v) is 3.85. The summed E-state index contributed by atoms with van der Waals surface area (Å²) < 4.78 is 1.03. The fraction of sp³-hybridized carbons (Fsp3) is 0.333. The molecule has 1 atom stereocenters. The molecule has 0 spiro atoms. The Morgan fingerprint density at radius 2 is 2.00 bits per heavy atom. The molecule has 20 heavy (non-hydrogen) atoms. The monoisotopic (exact) mass is 408 g/mol. The van der Waals surface area contributed by atoms with E-state index in [1.807, 2.05) is 0 Å². The van der Waals surface area contributed by atoms with Crippen LogP contribution in [0.15, 0.2) is 21.1 Å². The summed E-state index contributed by atoms with van der Waals surface area (Å²) >= 11 is 6.42. The maximum absolute atomic E-state index is 12.0. The lowest BCUT2D eigenvalue weighted by Crippen LogP contribution is -2.40. The minimum atomic E-state index is -1.15. The molecule has 0 aliphatic carbocycles. The number of halogens is 2. The third kappa shape index (κ3) is 3.94. The molecule has 3 N–H and O–H groups in total. The number of carbonyl (C=O) groups excluding carboxylic acids is 1. The first-order valence-electron chi connectivity index (χ1n) is 5.65. The second-order valence-corrected chi connectivity index (χ2v) is 5.96. The third-order valence-electron chi connectivity index (χ3n) is 2.76. The number of benzene rings is 1. The van der Waals surface area contributed by atoms with Crippen molar-refractivity contribution in [3.8, 4) is 0 Å². The van der Waals surface area contributed by atoms with Gasteiger partial charge in [0.05, 0.1) is 23.9 Å². The second kappa shape index (κ2) is 7.05. The average Bonchev–Trinajstić information content (AvgIpc) is 2.39. The van der Waals surface area contributed by atoms with Crippen LogP contribution in [0.1, 0.15) is 17.3 Å². The highest BCUT2D eigenvalue weighted by Gasteiger charge is 2.20. The van der Waals surface area contributed by atoms with Crippen molar-refractivity contribution in [3.05, 3.63) is 26.6 Å². The van der Waals surface area contributed by atoms with Crippen molar-refractivity contribution in [3.63, 3.8) is 0 Å². The number of likely N-dealkylation sites (N-methyl/N-ethyl adjacent to an activating group) is 1. The Morgan fingerprint density at radius 1 is 1.40 bits per heavy atom. The number of aliphatic hydroxyl groups is 1. The largest absolute Gasteiger partial charge is 0.478 e. The topological polar surface area (TPSA) is 89.9 Å². The molecule has 0 radical (unpaired) electrons. The molecule has 1 rings (SSSR count). The van der Waals surface area contributed by atoms with Crippen molar-refractivity contribution in [1.29, 1.82) is 0 Å². The zero-order valence-corrected chi connectivity index (χ0v) is 14.0. The van der Waals surface area contributed by atoms with E-state index < -0.39 is 12.0 Å². The normalized spacial score (nSPS) is 11.8. The van der Waals surface area contributed by atoms with Gasteiger partial charge in [-0.1, -0.05) is 15.9 Å². The van der Waals surface area contributed by atoms with Gasteiger partial charge in [-0.3, -0.25) is 0 Å². The first-order chi connectivity index (χ1) is 9.27. The van der Waals surface area contributed by atoms with Crippen molar-refractivity contribution < 1.29 is 19.8 Å².